The average Bonchev–Trinajstić information content (AvgIpc) is 2.36. The summed E-state index contributed by atoms with van der Waals surface area (Å²) in [7, 11) is 1.45. The Morgan fingerprint density at radius 1 is 1.29 bits per heavy atom. The normalized spacial score (nSPS) is 22.1. The van der Waals surface area contributed by atoms with E-state index in [0.717, 1.165) is 25.1 Å². The van der Waals surface area contributed by atoms with E-state index >= 15 is 0 Å². The topological polar surface area (TPSA) is 86.9 Å². The van der Waals surface area contributed by atoms with E-state index in [1.54, 1.807) is 12.1 Å². The van der Waals surface area contributed by atoms with Crippen molar-refractivity contribution in [2.24, 2.45) is 5.92 Å². The third-order valence-corrected chi connectivity index (χ3v) is 5.74. The second-order valence-corrected chi connectivity index (χ2v) is 8.03. The van der Waals surface area contributed by atoms with Gasteiger partial charge in [0.1, 0.15) is 0 Å². The van der Waals surface area contributed by atoms with Crippen molar-refractivity contribution in [2.45, 2.75) is 23.8 Å². The Balaban J connectivity index is 2.16. The van der Waals surface area contributed by atoms with Crippen LogP contribution in [0.4, 0.5) is 11.4 Å². The highest BCUT2D eigenvalue weighted by Gasteiger charge is 2.28. The minimum atomic E-state index is -3.46. The van der Waals surface area contributed by atoms with Gasteiger partial charge in [0.05, 0.1) is 22.4 Å². The van der Waals surface area contributed by atoms with Gasteiger partial charge in [-0.15, -0.1) is 0 Å². The molecule has 118 valence electrons. The van der Waals surface area contributed by atoms with E-state index in [9.17, 15) is 13.5 Å². The summed E-state index contributed by atoms with van der Waals surface area (Å²) in [6, 6.07) is 4.81. The number of nitrogens with two attached hydrogens (primary N) is 1. The Hall–Kier alpha value is -1.31. The number of rotatable bonds is 5. The molecule has 6 nitrogen and oxygen atoms in total. The molecule has 1 aliphatic rings. The van der Waals surface area contributed by atoms with Gasteiger partial charge in [-0.05, 0) is 37.0 Å². The number of aliphatic hydroxyl groups is 1. The smallest absolute Gasteiger partial charge is 0.242 e. The maximum atomic E-state index is 12.1. The molecule has 3 N–H and O–H groups in total. The number of hydrogen-bond acceptors (Lipinski definition) is 5. The highest BCUT2D eigenvalue weighted by Crippen LogP contribution is 2.31. The van der Waals surface area contributed by atoms with Crippen LogP contribution in [0.15, 0.2) is 23.1 Å². The molecule has 0 spiro atoms. The second kappa shape index (κ2) is 5.82. The largest absolute Gasteiger partial charge is 0.397 e. The number of nitrogen functional groups attached to an aromatic ring is 1. The first kappa shape index (κ1) is 16.1. The first-order chi connectivity index (χ1) is 9.71. The van der Waals surface area contributed by atoms with E-state index in [1.165, 1.54) is 24.5 Å². The van der Waals surface area contributed by atoms with Crippen molar-refractivity contribution in [3.05, 3.63) is 18.2 Å². The highest BCUT2D eigenvalue weighted by molar-refractivity contribution is 7.89. The van der Waals surface area contributed by atoms with E-state index in [-0.39, 0.29) is 11.0 Å². The summed E-state index contributed by atoms with van der Waals surface area (Å²) < 4.78 is 25.3. The molecule has 1 fully saturated rings. The molecule has 2 rings (SSSR count). The fourth-order valence-corrected chi connectivity index (χ4v) is 3.52. The number of benzene rings is 1. The van der Waals surface area contributed by atoms with E-state index < -0.39 is 10.0 Å². The monoisotopic (exact) mass is 313 g/mol. The molecule has 0 saturated heterocycles. The number of nitrogens with zero attached hydrogens (tertiary/aromatic N) is 2. The fraction of sp³-hybridized carbons (Fsp3) is 0.571. The summed E-state index contributed by atoms with van der Waals surface area (Å²) in [6.07, 6.45) is 1.46. The maximum absolute atomic E-state index is 12.1. The predicted octanol–water partition coefficient (Wildman–Crippen LogP) is 0.726. The maximum Gasteiger partial charge on any atom is 0.242 e. The Kier molecular flexibility index (Phi) is 4.46. The summed E-state index contributed by atoms with van der Waals surface area (Å²) in [5.41, 5.74) is 7.27. The van der Waals surface area contributed by atoms with Crippen molar-refractivity contribution in [1.82, 2.24) is 4.31 Å². The molecule has 0 aromatic heterocycles. The van der Waals surface area contributed by atoms with Gasteiger partial charge in [-0.2, -0.15) is 0 Å². The molecule has 0 bridgehead atoms. The van der Waals surface area contributed by atoms with Crippen LogP contribution >= 0.6 is 0 Å². The quantitative estimate of drug-likeness (QED) is 0.783. The molecule has 0 amide bonds. The summed E-state index contributed by atoms with van der Waals surface area (Å²) >= 11 is 0. The van der Waals surface area contributed by atoms with Crippen LogP contribution in [-0.2, 0) is 10.0 Å². The Morgan fingerprint density at radius 2 is 1.90 bits per heavy atom. The minimum Gasteiger partial charge on any atom is -0.397 e. The summed E-state index contributed by atoms with van der Waals surface area (Å²) in [6.45, 7) is 0.807. The lowest BCUT2D eigenvalue weighted by Crippen LogP contribution is -2.37. The van der Waals surface area contributed by atoms with Crippen LogP contribution in [0.5, 0.6) is 0 Å². The van der Waals surface area contributed by atoms with E-state index in [2.05, 4.69) is 0 Å². The summed E-state index contributed by atoms with van der Waals surface area (Å²) in [4.78, 5) is 2.21. The van der Waals surface area contributed by atoms with Crippen LogP contribution in [0.25, 0.3) is 0 Å². The van der Waals surface area contributed by atoms with Crippen LogP contribution in [0.1, 0.15) is 12.8 Å². The Morgan fingerprint density at radius 3 is 2.38 bits per heavy atom. The summed E-state index contributed by atoms with van der Waals surface area (Å²) in [5, 5.41) is 9.32. The molecule has 0 heterocycles. The van der Waals surface area contributed by atoms with Gasteiger partial charge in [-0.25, -0.2) is 12.7 Å². The third-order valence-electron chi connectivity index (χ3n) is 3.93. The summed E-state index contributed by atoms with van der Waals surface area (Å²) in [5.74, 6) is 0.467. The molecule has 21 heavy (non-hydrogen) atoms. The molecular weight excluding hydrogens is 290 g/mol. The number of hydrogen-bond donors (Lipinski definition) is 2. The van der Waals surface area contributed by atoms with Crippen molar-refractivity contribution in [3.63, 3.8) is 0 Å². The zero-order chi connectivity index (χ0) is 15.8. The molecule has 1 aliphatic carbocycles. The van der Waals surface area contributed by atoms with Gasteiger partial charge in [0.25, 0.3) is 0 Å². The predicted molar refractivity (Wildman–Crippen MR) is 83.7 cm³/mol. The molecule has 0 unspecified atom stereocenters. The zero-order valence-corrected chi connectivity index (χ0v) is 13.5. The first-order valence-electron chi connectivity index (χ1n) is 6.93. The first-order valence-corrected chi connectivity index (χ1v) is 8.37. The molecular formula is C14H23N3O3S. The van der Waals surface area contributed by atoms with Crippen molar-refractivity contribution < 1.29 is 13.5 Å². The lowest BCUT2D eigenvalue weighted by atomic mass is 9.82. The van der Waals surface area contributed by atoms with E-state index in [0.29, 0.717) is 11.6 Å². The van der Waals surface area contributed by atoms with Gasteiger partial charge in [0.2, 0.25) is 10.0 Å². The van der Waals surface area contributed by atoms with Crippen LogP contribution < -0.4 is 10.6 Å². The minimum absolute atomic E-state index is 0.173. The van der Waals surface area contributed by atoms with Gasteiger partial charge >= 0.3 is 0 Å². The van der Waals surface area contributed by atoms with Crippen molar-refractivity contribution >= 4 is 21.4 Å². The van der Waals surface area contributed by atoms with Gasteiger partial charge in [0, 0.05) is 27.7 Å². The SMILES string of the molecule is CN(CC1CC(O)C1)c1ccc(S(=O)(=O)N(C)C)cc1N. The molecule has 0 atom stereocenters. The van der Waals surface area contributed by atoms with Gasteiger partial charge < -0.3 is 15.7 Å². The number of aliphatic hydroxyl groups excluding tert-OH is 1. The van der Waals surface area contributed by atoms with Crippen molar-refractivity contribution in [1.29, 1.82) is 0 Å². The Bertz CT molecular complexity index is 610. The van der Waals surface area contributed by atoms with Gasteiger partial charge in [0.15, 0.2) is 0 Å². The number of anilines is 2. The molecule has 1 aromatic rings. The molecule has 1 saturated carbocycles. The van der Waals surface area contributed by atoms with Gasteiger partial charge in [-0.3, -0.25) is 0 Å². The lowest BCUT2D eigenvalue weighted by molar-refractivity contribution is 0.0465. The third kappa shape index (κ3) is 3.30. The Labute approximate surface area is 126 Å². The van der Waals surface area contributed by atoms with Gasteiger partial charge in [-0.1, -0.05) is 0 Å². The average molecular weight is 313 g/mol. The van der Waals surface area contributed by atoms with Crippen molar-refractivity contribution in [3.8, 4) is 0 Å². The van der Waals surface area contributed by atoms with Crippen LogP contribution in [-0.4, -0.2) is 51.6 Å². The number of sulfonamides is 1. The standard InChI is InChI=1S/C14H23N3O3S/c1-16(2)21(19,20)12-4-5-14(13(15)8-12)17(3)9-10-6-11(18)7-10/h4-5,8,10-11,18H,6-7,9,15H2,1-3H3. The molecule has 7 heteroatoms. The highest BCUT2D eigenvalue weighted by atomic mass is 32.2. The van der Waals surface area contributed by atoms with Crippen LogP contribution in [0.2, 0.25) is 0 Å². The zero-order valence-electron chi connectivity index (χ0n) is 12.7. The van der Waals surface area contributed by atoms with Crippen molar-refractivity contribution in [2.75, 3.05) is 38.3 Å². The van der Waals surface area contributed by atoms with Crippen LogP contribution in [0.3, 0.4) is 0 Å². The van der Waals surface area contributed by atoms with E-state index in [1.807, 2.05) is 11.9 Å². The van der Waals surface area contributed by atoms with Crippen LogP contribution in [0, 0.1) is 5.92 Å². The van der Waals surface area contributed by atoms with E-state index in [4.69, 9.17) is 5.73 Å². The fourth-order valence-electron chi connectivity index (χ4n) is 2.59. The molecule has 0 aliphatic heterocycles. The molecule has 0 radical (unpaired) electrons. The second-order valence-electron chi connectivity index (χ2n) is 5.88. The lowest BCUT2D eigenvalue weighted by Gasteiger charge is -2.35. The molecule has 1 aromatic carbocycles.